The van der Waals surface area contributed by atoms with E-state index in [1.807, 2.05) is 35.7 Å². The molecular formula is C11H7NOS. The Labute approximate surface area is 83.8 Å². The Bertz CT molecular complexity index is 665. The van der Waals surface area contributed by atoms with Crippen LogP contribution in [-0.2, 0) is 0 Å². The van der Waals surface area contributed by atoms with E-state index in [9.17, 15) is 4.79 Å². The molecule has 0 atom stereocenters. The molecule has 0 saturated heterocycles. The van der Waals surface area contributed by atoms with E-state index < -0.39 is 0 Å². The molecule has 3 rings (SSSR count). The van der Waals surface area contributed by atoms with Crippen molar-refractivity contribution in [2.75, 3.05) is 0 Å². The van der Waals surface area contributed by atoms with Crippen molar-refractivity contribution in [1.82, 2.24) is 4.98 Å². The molecule has 0 bridgehead atoms. The number of benzene rings is 1. The van der Waals surface area contributed by atoms with Crippen molar-refractivity contribution in [2.24, 2.45) is 0 Å². The van der Waals surface area contributed by atoms with Crippen molar-refractivity contribution < 1.29 is 0 Å². The number of thiophene rings is 1. The van der Waals surface area contributed by atoms with Crippen molar-refractivity contribution in [1.29, 1.82) is 0 Å². The van der Waals surface area contributed by atoms with Crippen LogP contribution in [0.15, 0.2) is 40.5 Å². The van der Waals surface area contributed by atoms with E-state index in [0.29, 0.717) is 0 Å². The lowest BCUT2D eigenvalue weighted by Gasteiger charge is -1.97. The molecular weight excluding hydrogens is 194 g/mol. The number of nitrogens with one attached hydrogen (secondary N) is 1. The van der Waals surface area contributed by atoms with Crippen LogP contribution in [0.25, 0.3) is 21.0 Å². The van der Waals surface area contributed by atoms with Crippen molar-refractivity contribution in [2.45, 2.75) is 0 Å². The predicted octanol–water partition coefficient (Wildman–Crippen LogP) is 2.74. The summed E-state index contributed by atoms with van der Waals surface area (Å²) in [4.78, 5) is 14.5. The summed E-state index contributed by atoms with van der Waals surface area (Å²) in [6.45, 7) is 0. The first kappa shape index (κ1) is 7.76. The topological polar surface area (TPSA) is 32.9 Å². The summed E-state index contributed by atoms with van der Waals surface area (Å²) in [6.07, 6.45) is 0. The summed E-state index contributed by atoms with van der Waals surface area (Å²) >= 11 is 1.49. The SMILES string of the molecule is O=c1[nH]c2ccccc2c2ccsc12. The van der Waals surface area contributed by atoms with E-state index in [2.05, 4.69) is 4.98 Å². The van der Waals surface area contributed by atoms with Crippen molar-refractivity contribution >= 4 is 32.3 Å². The van der Waals surface area contributed by atoms with Gasteiger partial charge in [-0.3, -0.25) is 4.79 Å². The molecule has 0 spiro atoms. The van der Waals surface area contributed by atoms with Gasteiger partial charge in [-0.25, -0.2) is 0 Å². The van der Waals surface area contributed by atoms with Gasteiger partial charge in [0, 0.05) is 16.3 Å². The summed E-state index contributed by atoms with van der Waals surface area (Å²) < 4.78 is 0.809. The third-order valence-electron chi connectivity index (χ3n) is 2.34. The molecule has 1 N–H and O–H groups in total. The predicted molar refractivity (Wildman–Crippen MR) is 60.0 cm³/mol. The van der Waals surface area contributed by atoms with Crippen LogP contribution in [0.5, 0.6) is 0 Å². The van der Waals surface area contributed by atoms with Gasteiger partial charge in [-0.15, -0.1) is 11.3 Å². The first-order valence-corrected chi connectivity index (χ1v) is 5.22. The van der Waals surface area contributed by atoms with Crippen molar-refractivity contribution in [3.63, 3.8) is 0 Å². The van der Waals surface area contributed by atoms with E-state index in [1.54, 1.807) is 0 Å². The third kappa shape index (κ3) is 0.930. The number of fused-ring (bicyclic) bond motifs is 3. The van der Waals surface area contributed by atoms with Crippen molar-refractivity contribution in [3.05, 3.63) is 46.1 Å². The Morgan fingerprint density at radius 3 is 2.86 bits per heavy atom. The molecule has 2 aromatic heterocycles. The molecule has 0 aliphatic heterocycles. The van der Waals surface area contributed by atoms with Gasteiger partial charge in [0.1, 0.15) is 4.70 Å². The number of hydrogen-bond acceptors (Lipinski definition) is 2. The largest absolute Gasteiger partial charge is 0.321 e. The Kier molecular flexibility index (Phi) is 1.49. The van der Waals surface area contributed by atoms with Crippen LogP contribution in [0.2, 0.25) is 0 Å². The molecule has 2 nitrogen and oxygen atoms in total. The van der Waals surface area contributed by atoms with Gasteiger partial charge in [-0.05, 0) is 17.5 Å². The Hall–Kier alpha value is -1.61. The molecule has 0 aliphatic rings. The standard InChI is InChI=1S/C11H7NOS/c13-11-10-8(5-6-14-10)7-3-1-2-4-9(7)12-11/h1-6H,(H,12,13). The van der Waals surface area contributed by atoms with Gasteiger partial charge in [0.05, 0.1) is 0 Å². The number of para-hydroxylation sites is 1. The highest BCUT2D eigenvalue weighted by Gasteiger charge is 2.04. The average molecular weight is 201 g/mol. The van der Waals surface area contributed by atoms with Crippen LogP contribution < -0.4 is 5.56 Å². The highest BCUT2D eigenvalue weighted by molar-refractivity contribution is 7.17. The minimum atomic E-state index is 0.00806. The lowest BCUT2D eigenvalue weighted by atomic mass is 10.1. The molecule has 3 heteroatoms. The van der Waals surface area contributed by atoms with Gasteiger partial charge in [0.15, 0.2) is 0 Å². The lowest BCUT2D eigenvalue weighted by Crippen LogP contribution is -2.03. The highest BCUT2D eigenvalue weighted by atomic mass is 32.1. The second-order valence-electron chi connectivity index (χ2n) is 3.16. The zero-order chi connectivity index (χ0) is 9.54. The maximum Gasteiger partial charge on any atom is 0.266 e. The van der Waals surface area contributed by atoms with Crippen molar-refractivity contribution in [3.8, 4) is 0 Å². The number of H-pyrrole nitrogens is 1. The fraction of sp³-hybridized carbons (Fsp3) is 0. The van der Waals surface area contributed by atoms with Crippen LogP contribution in [0.1, 0.15) is 0 Å². The smallest absolute Gasteiger partial charge is 0.266 e. The number of aromatic amines is 1. The molecule has 0 amide bonds. The van der Waals surface area contributed by atoms with Crippen LogP contribution >= 0.6 is 11.3 Å². The van der Waals surface area contributed by atoms with Gasteiger partial charge in [0.2, 0.25) is 0 Å². The zero-order valence-corrected chi connectivity index (χ0v) is 8.10. The second kappa shape index (κ2) is 2.69. The highest BCUT2D eigenvalue weighted by Crippen LogP contribution is 2.24. The zero-order valence-electron chi connectivity index (χ0n) is 7.28. The molecule has 0 saturated carbocycles. The fourth-order valence-electron chi connectivity index (χ4n) is 1.70. The summed E-state index contributed by atoms with van der Waals surface area (Å²) in [5.41, 5.74) is 0.914. The van der Waals surface area contributed by atoms with Crippen LogP contribution in [-0.4, -0.2) is 4.98 Å². The van der Waals surface area contributed by atoms with Gasteiger partial charge in [0.25, 0.3) is 5.56 Å². The summed E-state index contributed by atoms with van der Waals surface area (Å²) in [6, 6.07) is 9.86. The molecule has 0 unspecified atom stereocenters. The van der Waals surface area contributed by atoms with Gasteiger partial charge in [-0.2, -0.15) is 0 Å². The molecule has 0 aliphatic carbocycles. The third-order valence-corrected chi connectivity index (χ3v) is 3.25. The second-order valence-corrected chi connectivity index (χ2v) is 4.08. The molecule has 14 heavy (non-hydrogen) atoms. The first-order valence-electron chi connectivity index (χ1n) is 4.34. The van der Waals surface area contributed by atoms with Gasteiger partial charge >= 0.3 is 0 Å². The lowest BCUT2D eigenvalue weighted by molar-refractivity contribution is 1.36. The quantitative estimate of drug-likeness (QED) is 0.596. The monoisotopic (exact) mass is 201 g/mol. The summed E-state index contributed by atoms with van der Waals surface area (Å²) in [7, 11) is 0. The van der Waals surface area contributed by atoms with E-state index in [-0.39, 0.29) is 5.56 Å². The maximum absolute atomic E-state index is 11.6. The van der Waals surface area contributed by atoms with E-state index in [1.165, 1.54) is 11.3 Å². The van der Waals surface area contributed by atoms with Crippen LogP contribution in [0.4, 0.5) is 0 Å². The fourth-order valence-corrected chi connectivity index (χ4v) is 2.51. The average Bonchev–Trinajstić information content (AvgIpc) is 2.67. The van der Waals surface area contributed by atoms with Gasteiger partial charge < -0.3 is 4.98 Å². The molecule has 3 aromatic rings. The van der Waals surface area contributed by atoms with Gasteiger partial charge in [-0.1, -0.05) is 18.2 Å². The molecule has 1 aromatic carbocycles. The Balaban J connectivity index is 2.73. The molecule has 2 heterocycles. The minimum Gasteiger partial charge on any atom is -0.321 e. The molecule has 68 valence electrons. The normalized spacial score (nSPS) is 11.1. The van der Waals surface area contributed by atoms with Crippen LogP contribution in [0, 0.1) is 0 Å². The summed E-state index contributed by atoms with van der Waals surface area (Å²) in [5, 5.41) is 4.12. The Morgan fingerprint density at radius 1 is 1.07 bits per heavy atom. The number of hydrogen-bond donors (Lipinski definition) is 1. The minimum absolute atomic E-state index is 0.00806. The van der Waals surface area contributed by atoms with Crippen LogP contribution in [0.3, 0.4) is 0 Å². The van der Waals surface area contributed by atoms with E-state index in [4.69, 9.17) is 0 Å². The van der Waals surface area contributed by atoms with E-state index in [0.717, 1.165) is 21.0 Å². The van der Waals surface area contributed by atoms with E-state index >= 15 is 0 Å². The number of rotatable bonds is 0. The molecule has 0 radical (unpaired) electrons. The number of aromatic nitrogens is 1. The summed E-state index contributed by atoms with van der Waals surface area (Å²) in [5.74, 6) is 0. The first-order chi connectivity index (χ1) is 6.86. The molecule has 0 fully saturated rings. The number of pyridine rings is 1. The Morgan fingerprint density at radius 2 is 1.93 bits per heavy atom. The maximum atomic E-state index is 11.6.